The number of carbonyl (C=O) groups is 1. The van der Waals surface area contributed by atoms with Crippen LogP contribution in [0.5, 0.6) is 0 Å². The second kappa shape index (κ2) is 6.35. The normalized spacial score (nSPS) is 24.9. The van der Waals surface area contributed by atoms with Crippen LogP contribution in [-0.2, 0) is 11.2 Å². The molecule has 1 aromatic rings. The van der Waals surface area contributed by atoms with Gasteiger partial charge in [-0.3, -0.25) is 4.79 Å². The maximum absolute atomic E-state index is 13.9. The van der Waals surface area contributed by atoms with Gasteiger partial charge in [0.05, 0.1) is 5.41 Å². The van der Waals surface area contributed by atoms with Crippen molar-refractivity contribution >= 4 is 17.6 Å². The highest BCUT2D eigenvalue weighted by Crippen LogP contribution is 2.71. The smallest absolute Gasteiger partial charge is 0.426 e. The average molecular weight is 423 g/mol. The van der Waals surface area contributed by atoms with E-state index in [-0.39, 0.29) is 0 Å². The van der Waals surface area contributed by atoms with E-state index in [1.165, 1.54) is 13.8 Å². The Labute approximate surface area is 152 Å². The van der Waals surface area contributed by atoms with Gasteiger partial charge in [-0.25, -0.2) is 22.0 Å². The Morgan fingerprint density at radius 1 is 1.04 bits per heavy atom. The average Bonchev–Trinajstić information content (AvgIpc) is 3.02. The third-order valence-corrected chi connectivity index (χ3v) is 5.44. The Kier molecular flexibility index (Phi) is 5.05. The third kappa shape index (κ3) is 3.07. The summed E-state index contributed by atoms with van der Waals surface area (Å²) in [4.78, 5) is 11.7. The number of rotatable bonds is 4. The number of hydrogen-bond acceptors (Lipinski definition) is 1. The molecule has 1 aromatic carbocycles. The molecule has 0 bridgehead atoms. The van der Waals surface area contributed by atoms with Crippen LogP contribution in [-0.4, -0.2) is 17.3 Å². The Morgan fingerprint density at radius 2 is 1.44 bits per heavy atom. The van der Waals surface area contributed by atoms with Gasteiger partial charge in [0.1, 0.15) is 5.03 Å². The maximum Gasteiger partial charge on any atom is 0.426 e. The lowest BCUT2D eigenvalue weighted by atomic mass is 9.87. The van der Waals surface area contributed by atoms with Gasteiger partial charge in [-0.1, -0.05) is 31.5 Å². The molecular weight excluding hydrogens is 412 g/mol. The molecule has 2 rings (SSSR count). The largest absolute Gasteiger partial charge is 0.481 e. The summed E-state index contributed by atoms with van der Waals surface area (Å²) in [6.07, 6.45) is -5.83. The lowest BCUT2D eigenvalue weighted by molar-refractivity contribution is -0.145. The molecule has 0 saturated heterocycles. The number of carboxylic acids is 1. The number of hydrogen-bond donors (Lipinski definition) is 1. The highest BCUT2D eigenvalue weighted by Gasteiger charge is 2.75. The highest BCUT2D eigenvalue weighted by atomic mass is 35.5. The summed E-state index contributed by atoms with van der Waals surface area (Å²) in [5.74, 6) is -14.7. The third-order valence-electron chi connectivity index (χ3n) is 5.10. The fraction of sp³-hybridized carbons (Fsp3) is 0.438. The number of carboxylic acid groups (broad SMARTS) is 1. The molecular formula is C16H11ClF8O2. The van der Waals surface area contributed by atoms with Gasteiger partial charge in [-0.05, 0) is 11.8 Å². The van der Waals surface area contributed by atoms with Crippen molar-refractivity contribution in [1.82, 2.24) is 0 Å². The zero-order valence-corrected chi connectivity index (χ0v) is 14.4. The lowest BCUT2D eigenvalue weighted by Crippen LogP contribution is -2.26. The molecule has 2 atom stereocenters. The number of alkyl halides is 3. The fourth-order valence-corrected chi connectivity index (χ4v) is 3.52. The van der Waals surface area contributed by atoms with Crippen molar-refractivity contribution in [1.29, 1.82) is 0 Å². The molecule has 0 aromatic heterocycles. The van der Waals surface area contributed by atoms with Crippen LogP contribution >= 0.6 is 11.6 Å². The molecule has 2 nitrogen and oxygen atoms in total. The van der Waals surface area contributed by atoms with Crippen LogP contribution in [0.25, 0.3) is 0 Å². The Balaban J connectivity index is 2.60. The van der Waals surface area contributed by atoms with Gasteiger partial charge < -0.3 is 5.11 Å². The summed E-state index contributed by atoms with van der Waals surface area (Å²) in [5.41, 5.74) is -5.18. The van der Waals surface area contributed by atoms with Gasteiger partial charge >= 0.3 is 12.1 Å². The van der Waals surface area contributed by atoms with E-state index in [1.54, 1.807) is 0 Å². The lowest BCUT2D eigenvalue weighted by Gasteiger charge is -2.17. The minimum Gasteiger partial charge on any atom is -0.481 e. The monoisotopic (exact) mass is 422 g/mol. The summed E-state index contributed by atoms with van der Waals surface area (Å²) >= 11 is 5.11. The van der Waals surface area contributed by atoms with Gasteiger partial charge in [0.15, 0.2) is 23.3 Å². The van der Waals surface area contributed by atoms with Crippen LogP contribution in [0, 0.1) is 45.8 Å². The van der Waals surface area contributed by atoms with Crippen LogP contribution in [0.2, 0.25) is 0 Å². The molecule has 0 radical (unpaired) electrons. The first-order valence-electron chi connectivity index (χ1n) is 7.29. The van der Waals surface area contributed by atoms with E-state index in [0.29, 0.717) is 6.08 Å². The molecule has 0 aliphatic heterocycles. The topological polar surface area (TPSA) is 37.3 Å². The minimum atomic E-state index is -4.99. The summed E-state index contributed by atoms with van der Waals surface area (Å²) in [6.45, 7) is 2.38. The van der Waals surface area contributed by atoms with Gasteiger partial charge in [-0.2, -0.15) is 13.2 Å². The summed E-state index contributed by atoms with van der Waals surface area (Å²) in [6, 6.07) is 0. The second-order valence-corrected chi connectivity index (χ2v) is 7.12. The van der Waals surface area contributed by atoms with Crippen molar-refractivity contribution < 1.29 is 45.0 Å². The summed E-state index contributed by atoms with van der Waals surface area (Å²) < 4.78 is 106. The van der Waals surface area contributed by atoms with E-state index in [2.05, 4.69) is 0 Å². The van der Waals surface area contributed by atoms with Crippen molar-refractivity contribution in [2.75, 3.05) is 0 Å². The Hall–Kier alpha value is -1.84. The van der Waals surface area contributed by atoms with Crippen LogP contribution in [0.3, 0.4) is 0 Å². The first-order chi connectivity index (χ1) is 12.1. The first kappa shape index (κ1) is 21.5. The van der Waals surface area contributed by atoms with Gasteiger partial charge in [0, 0.05) is 11.5 Å². The van der Waals surface area contributed by atoms with Crippen LogP contribution in [0.4, 0.5) is 35.1 Å². The van der Waals surface area contributed by atoms with Crippen molar-refractivity contribution in [2.45, 2.75) is 26.4 Å². The number of halogens is 9. The van der Waals surface area contributed by atoms with Crippen molar-refractivity contribution in [2.24, 2.45) is 16.7 Å². The molecule has 0 heterocycles. The van der Waals surface area contributed by atoms with Crippen LogP contribution in [0.1, 0.15) is 19.4 Å². The zero-order chi connectivity index (χ0) is 21.1. The SMILES string of the molecule is CC1(C)C(C=C(Cl)C(F)(F)F)C1(Cc1c(F)c(F)c(F)c(F)c1F)C(=O)O. The van der Waals surface area contributed by atoms with E-state index in [4.69, 9.17) is 11.6 Å². The van der Waals surface area contributed by atoms with Crippen LogP contribution in [0.15, 0.2) is 11.1 Å². The van der Waals surface area contributed by atoms with Gasteiger partial charge in [0.25, 0.3) is 0 Å². The molecule has 0 spiro atoms. The molecule has 2 unspecified atom stereocenters. The number of allylic oxidation sites excluding steroid dienone is 2. The van der Waals surface area contributed by atoms with Crippen LogP contribution < -0.4 is 0 Å². The Morgan fingerprint density at radius 3 is 1.81 bits per heavy atom. The van der Waals surface area contributed by atoms with E-state index < -0.39 is 75.0 Å². The number of benzene rings is 1. The Bertz CT molecular complexity index is 817. The molecule has 11 heteroatoms. The zero-order valence-electron chi connectivity index (χ0n) is 13.6. The first-order valence-corrected chi connectivity index (χ1v) is 7.66. The second-order valence-electron chi connectivity index (χ2n) is 6.71. The van der Waals surface area contributed by atoms with E-state index in [0.717, 1.165) is 0 Å². The molecule has 1 N–H and O–H groups in total. The van der Waals surface area contributed by atoms with E-state index >= 15 is 0 Å². The molecule has 1 aliphatic rings. The molecule has 1 fully saturated rings. The molecule has 27 heavy (non-hydrogen) atoms. The van der Waals surface area contributed by atoms with Crippen molar-refractivity contribution in [3.63, 3.8) is 0 Å². The van der Waals surface area contributed by atoms with E-state index in [9.17, 15) is 45.0 Å². The molecule has 150 valence electrons. The highest BCUT2D eigenvalue weighted by molar-refractivity contribution is 6.30. The number of aliphatic carboxylic acids is 1. The fourth-order valence-electron chi connectivity index (χ4n) is 3.39. The maximum atomic E-state index is 13.9. The molecule has 1 aliphatic carbocycles. The summed E-state index contributed by atoms with van der Waals surface area (Å²) in [5, 5.41) is 7.85. The van der Waals surface area contributed by atoms with E-state index in [1.807, 2.05) is 0 Å². The van der Waals surface area contributed by atoms with Gasteiger partial charge in [0.2, 0.25) is 5.82 Å². The van der Waals surface area contributed by atoms with Crippen molar-refractivity contribution in [3.05, 3.63) is 45.8 Å². The van der Waals surface area contributed by atoms with Gasteiger partial charge in [-0.15, -0.1) is 0 Å². The van der Waals surface area contributed by atoms with Crippen molar-refractivity contribution in [3.8, 4) is 0 Å². The minimum absolute atomic E-state index is 0.377. The molecule has 0 amide bonds. The predicted octanol–water partition coefficient (Wildman–Crippen LogP) is 5.34. The summed E-state index contributed by atoms with van der Waals surface area (Å²) in [7, 11) is 0. The quantitative estimate of drug-likeness (QED) is 0.404. The predicted molar refractivity (Wildman–Crippen MR) is 77.3 cm³/mol. The molecule has 1 saturated carbocycles. The standard InChI is InChI=1S/C16H11ClF8O2/c1-14(2)6(3-7(17)16(23,24)25)15(14,13(26)27)4-5-8(18)10(20)12(22)11(21)9(5)19/h3,6H,4H2,1-2H3,(H,26,27).